The minimum absolute atomic E-state index is 0.281. The van der Waals surface area contributed by atoms with Gasteiger partial charge in [0.1, 0.15) is 17.5 Å². The first-order chi connectivity index (χ1) is 9.62. The summed E-state index contributed by atoms with van der Waals surface area (Å²) >= 11 is 0. The van der Waals surface area contributed by atoms with Crippen LogP contribution in [0.2, 0.25) is 0 Å². The molecule has 5 nitrogen and oxygen atoms in total. The normalized spacial score (nSPS) is 12.2. The number of aryl methyl sites for hydroxylation is 1. The van der Waals surface area contributed by atoms with E-state index >= 15 is 0 Å². The molecule has 1 heterocycles. The molecule has 0 saturated heterocycles. The van der Waals surface area contributed by atoms with Gasteiger partial charge in [0.15, 0.2) is 0 Å². The third-order valence-corrected chi connectivity index (χ3v) is 3.22. The summed E-state index contributed by atoms with van der Waals surface area (Å²) in [6.07, 6.45) is 3.04. The van der Waals surface area contributed by atoms with E-state index in [9.17, 15) is 0 Å². The number of methoxy groups -OCH3 is 1. The zero-order valence-corrected chi connectivity index (χ0v) is 13.4. The Hall–Kier alpha value is -1.36. The molecular weight excluding hydrogens is 252 g/mol. The molecule has 0 radical (unpaired) electrons. The highest BCUT2D eigenvalue weighted by atomic mass is 16.5. The van der Waals surface area contributed by atoms with E-state index in [1.165, 1.54) is 0 Å². The maximum atomic E-state index is 5.22. The zero-order chi connectivity index (χ0) is 15.0. The van der Waals surface area contributed by atoms with E-state index in [1.807, 2.05) is 13.1 Å². The Morgan fingerprint density at radius 1 is 1.30 bits per heavy atom. The summed E-state index contributed by atoms with van der Waals surface area (Å²) in [6, 6.07) is 2.30. The highest BCUT2D eigenvalue weighted by Crippen LogP contribution is 2.18. The Morgan fingerprint density at radius 2 is 2.05 bits per heavy atom. The summed E-state index contributed by atoms with van der Waals surface area (Å²) < 4.78 is 5.22. The summed E-state index contributed by atoms with van der Waals surface area (Å²) in [6.45, 7) is 8.03. The fraction of sp³-hybridized carbons (Fsp3) is 0.733. The molecule has 5 heteroatoms. The number of ether oxygens (including phenoxy) is 1. The van der Waals surface area contributed by atoms with Crippen LogP contribution in [0.1, 0.15) is 39.4 Å². The van der Waals surface area contributed by atoms with Crippen molar-refractivity contribution in [2.75, 3.05) is 37.5 Å². The van der Waals surface area contributed by atoms with Gasteiger partial charge in [0.25, 0.3) is 0 Å². The molecule has 0 aliphatic heterocycles. The first kappa shape index (κ1) is 16.7. The lowest BCUT2D eigenvalue weighted by molar-refractivity contribution is 0.183. The van der Waals surface area contributed by atoms with Gasteiger partial charge < -0.3 is 15.0 Å². The van der Waals surface area contributed by atoms with Crippen molar-refractivity contribution in [3.05, 3.63) is 11.9 Å². The van der Waals surface area contributed by atoms with Crippen LogP contribution in [-0.2, 0) is 11.2 Å². The SMILES string of the molecule is CCCNc1cc(N(C)C(C)COC)nc(CCC)n1. The first-order valence-electron chi connectivity index (χ1n) is 7.45. The van der Waals surface area contributed by atoms with E-state index in [1.54, 1.807) is 7.11 Å². The fourth-order valence-electron chi connectivity index (χ4n) is 1.92. The van der Waals surface area contributed by atoms with Crippen LogP contribution < -0.4 is 10.2 Å². The van der Waals surface area contributed by atoms with Crippen LogP contribution in [0.4, 0.5) is 11.6 Å². The van der Waals surface area contributed by atoms with Gasteiger partial charge in [0.05, 0.1) is 12.6 Å². The van der Waals surface area contributed by atoms with E-state index in [2.05, 4.69) is 41.0 Å². The molecule has 1 unspecified atom stereocenters. The second kappa shape index (κ2) is 8.74. The third kappa shape index (κ3) is 4.96. The van der Waals surface area contributed by atoms with E-state index < -0.39 is 0 Å². The topological polar surface area (TPSA) is 50.3 Å². The van der Waals surface area contributed by atoms with Crippen LogP contribution in [0.15, 0.2) is 6.07 Å². The molecule has 0 aliphatic rings. The predicted molar refractivity (Wildman–Crippen MR) is 84.5 cm³/mol. The Kier molecular flexibility index (Phi) is 7.30. The number of likely N-dealkylation sites (N-methyl/N-ethyl adjacent to an activating group) is 1. The molecule has 0 saturated carbocycles. The average molecular weight is 280 g/mol. The minimum atomic E-state index is 0.281. The molecular formula is C15H28N4O. The molecule has 1 aromatic rings. The number of rotatable bonds is 9. The summed E-state index contributed by atoms with van der Waals surface area (Å²) in [4.78, 5) is 11.4. The number of hydrogen-bond donors (Lipinski definition) is 1. The van der Waals surface area contributed by atoms with Gasteiger partial charge in [-0.3, -0.25) is 0 Å². The molecule has 0 bridgehead atoms. The second-order valence-corrected chi connectivity index (χ2v) is 5.12. The average Bonchev–Trinajstić information content (AvgIpc) is 2.44. The van der Waals surface area contributed by atoms with Crippen molar-refractivity contribution >= 4 is 11.6 Å². The molecule has 0 aliphatic carbocycles. The molecule has 1 rings (SSSR count). The van der Waals surface area contributed by atoms with Crippen LogP contribution in [0.5, 0.6) is 0 Å². The van der Waals surface area contributed by atoms with Crippen molar-refractivity contribution in [1.82, 2.24) is 9.97 Å². The van der Waals surface area contributed by atoms with Gasteiger partial charge >= 0.3 is 0 Å². The molecule has 1 atom stereocenters. The van der Waals surface area contributed by atoms with Crippen LogP contribution >= 0.6 is 0 Å². The van der Waals surface area contributed by atoms with E-state index in [0.29, 0.717) is 6.61 Å². The maximum Gasteiger partial charge on any atom is 0.134 e. The van der Waals surface area contributed by atoms with Gasteiger partial charge in [-0.05, 0) is 19.8 Å². The van der Waals surface area contributed by atoms with E-state index in [-0.39, 0.29) is 6.04 Å². The van der Waals surface area contributed by atoms with E-state index in [0.717, 1.165) is 43.3 Å². The van der Waals surface area contributed by atoms with Crippen molar-refractivity contribution in [3.63, 3.8) is 0 Å². The van der Waals surface area contributed by atoms with Gasteiger partial charge in [0, 0.05) is 33.2 Å². The van der Waals surface area contributed by atoms with Crippen molar-refractivity contribution in [2.24, 2.45) is 0 Å². The highest BCUT2D eigenvalue weighted by Gasteiger charge is 2.13. The number of nitrogens with zero attached hydrogens (tertiary/aromatic N) is 3. The smallest absolute Gasteiger partial charge is 0.134 e. The molecule has 0 aromatic carbocycles. The summed E-state index contributed by atoms with van der Waals surface area (Å²) in [5, 5.41) is 3.35. The number of aromatic nitrogens is 2. The van der Waals surface area contributed by atoms with E-state index in [4.69, 9.17) is 4.74 Å². The van der Waals surface area contributed by atoms with Crippen molar-refractivity contribution in [3.8, 4) is 0 Å². The molecule has 1 aromatic heterocycles. The second-order valence-electron chi connectivity index (χ2n) is 5.12. The van der Waals surface area contributed by atoms with Gasteiger partial charge in [0.2, 0.25) is 0 Å². The molecule has 114 valence electrons. The van der Waals surface area contributed by atoms with Crippen LogP contribution in [0, 0.1) is 0 Å². The van der Waals surface area contributed by atoms with Gasteiger partial charge in [-0.1, -0.05) is 13.8 Å². The van der Waals surface area contributed by atoms with Crippen molar-refractivity contribution < 1.29 is 4.74 Å². The van der Waals surface area contributed by atoms with Crippen molar-refractivity contribution in [1.29, 1.82) is 0 Å². The monoisotopic (exact) mass is 280 g/mol. The standard InChI is InChI=1S/C15H28N4O/c1-6-8-13-17-14(16-9-7-2)10-15(18-13)19(4)12(3)11-20-5/h10,12H,6-9,11H2,1-5H3,(H,16,17,18). The number of nitrogens with one attached hydrogen (secondary N) is 1. The zero-order valence-electron chi connectivity index (χ0n) is 13.4. The lowest BCUT2D eigenvalue weighted by Crippen LogP contribution is -2.33. The Labute approximate surface area is 122 Å². The first-order valence-corrected chi connectivity index (χ1v) is 7.45. The van der Waals surface area contributed by atoms with Gasteiger partial charge in [-0.15, -0.1) is 0 Å². The van der Waals surface area contributed by atoms with Crippen LogP contribution in [0.25, 0.3) is 0 Å². The Morgan fingerprint density at radius 3 is 2.65 bits per heavy atom. The fourth-order valence-corrected chi connectivity index (χ4v) is 1.92. The quantitative estimate of drug-likeness (QED) is 0.753. The maximum absolute atomic E-state index is 5.22. The summed E-state index contributed by atoms with van der Waals surface area (Å²) in [5.41, 5.74) is 0. The molecule has 1 N–H and O–H groups in total. The van der Waals surface area contributed by atoms with Crippen molar-refractivity contribution in [2.45, 2.75) is 46.1 Å². The Bertz CT molecular complexity index is 397. The van der Waals surface area contributed by atoms with Crippen LogP contribution in [-0.4, -0.2) is 43.3 Å². The summed E-state index contributed by atoms with van der Waals surface area (Å²) in [5.74, 6) is 2.77. The molecule has 0 fully saturated rings. The molecule has 0 spiro atoms. The molecule has 0 amide bonds. The van der Waals surface area contributed by atoms with Gasteiger partial charge in [-0.25, -0.2) is 9.97 Å². The lowest BCUT2D eigenvalue weighted by atomic mass is 10.3. The minimum Gasteiger partial charge on any atom is -0.383 e. The number of anilines is 2. The Balaban J connectivity index is 2.94. The number of hydrogen-bond acceptors (Lipinski definition) is 5. The summed E-state index contributed by atoms with van der Waals surface area (Å²) in [7, 11) is 3.77. The lowest BCUT2D eigenvalue weighted by Gasteiger charge is -2.26. The largest absolute Gasteiger partial charge is 0.383 e. The molecule has 20 heavy (non-hydrogen) atoms. The van der Waals surface area contributed by atoms with Gasteiger partial charge in [-0.2, -0.15) is 0 Å². The highest BCUT2D eigenvalue weighted by molar-refractivity contribution is 5.49. The van der Waals surface area contributed by atoms with Crippen LogP contribution in [0.3, 0.4) is 0 Å². The third-order valence-electron chi connectivity index (χ3n) is 3.22. The predicted octanol–water partition coefficient (Wildman–Crippen LogP) is 2.72.